The fourth-order valence-corrected chi connectivity index (χ4v) is 2.32. The molecule has 2 atom stereocenters. The molecule has 4 nitrogen and oxygen atoms in total. The standard InChI is InChI=1S/C14H28N2O2/c1-10(11-6-5-7-11)15-13(18)16-12(8-9-17)14(2,3)4/h10-12,17H,5-9H2,1-4H3,(H2,15,16,18). The van der Waals surface area contributed by atoms with E-state index in [0.717, 1.165) is 0 Å². The number of aliphatic hydroxyl groups is 1. The smallest absolute Gasteiger partial charge is 0.315 e. The highest BCUT2D eigenvalue weighted by Crippen LogP contribution is 2.29. The number of hydrogen-bond donors (Lipinski definition) is 3. The summed E-state index contributed by atoms with van der Waals surface area (Å²) in [6, 6.07) is 0.132. The lowest BCUT2D eigenvalue weighted by atomic mass is 9.80. The van der Waals surface area contributed by atoms with Gasteiger partial charge in [-0.1, -0.05) is 27.2 Å². The number of rotatable bonds is 5. The predicted molar refractivity (Wildman–Crippen MR) is 73.4 cm³/mol. The topological polar surface area (TPSA) is 61.4 Å². The lowest BCUT2D eigenvalue weighted by molar-refractivity contribution is 0.180. The summed E-state index contributed by atoms with van der Waals surface area (Å²) in [5, 5.41) is 15.1. The van der Waals surface area contributed by atoms with Gasteiger partial charge >= 0.3 is 6.03 Å². The van der Waals surface area contributed by atoms with Gasteiger partial charge in [-0.25, -0.2) is 4.79 Å². The van der Waals surface area contributed by atoms with Crippen LogP contribution in [0.5, 0.6) is 0 Å². The summed E-state index contributed by atoms with van der Waals surface area (Å²) in [5.74, 6) is 0.640. The van der Waals surface area contributed by atoms with Gasteiger partial charge in [-0.05, 0) is 37.5 Å². The van der Waals surface area contributed by atoms with Crippen LogP contribution >= 0.6 is 0 Å². The highest BCUT2D eigenvalue weighted by Gasteiger charge is 2.28. The normalized spacial score (nSPS) is 19.8. The Hall–Kier alpha value is -0.770. The molecular formula is C14H28N2O2. The summed E-state index contributed by atoms with van der Waals surface area (Å²) < 4.78 is 0. The molecule has 0 aromatic carbocycles. The van der Waals surface area contributed by atoms with Crippen LogP contribution in [-0.2, 0) is 0 Å². The van der Waals surface area contributed by atoms with E-state index in [9.17, 15) is 4.79 Å². The number of hydrogen-bond acceptors (Lipinski definition) is 2. The van der Waals surface area contributed by atoms with Crippen molar-refractivity contribution in [2.24, 2.45) is 11.3 Å². The quantitative estimate of drug-likeness (QED) is 0.706. The van der Waals surface area contributed by atoms with Gasteiger partial charge in [0.05, 0.1) is 0 Å². The third-order valence-electron chi connectivity index (χ3n) is 3.98. The van der Waals surface area contributed by atoms with Crippen molar-refractivity contribution < 1.29 is 9.90 Å². The molecule has 0 saturated heterocycles. The summed E-state index contributed by atoms with van der Waals surface area (Å²) in [7, 11) is 0. The SMILES string of the molecule is CC(NC(=O)NC(CCO)C(C)(C)C)C1CCC1. The Balaban J connectivity index is 2.40. The van der Waals surface area contributed by atoms with Gasteiger partial charge in [0.1, 0.15) is 0 Å². The lowest BCUT2D eigenvalue weighted by Gasteiger charge is -2.34. The number of carbonyl (C=O) groups excluding carboxylic acids is 1. The lowest BCUT2D eigenvalue weighted by Crippen LogP contribution is -2.52. The van der Waals surface area contributed by atoms with Gasteiger partial charge in [0.2, 0.25) is 0 Å². The van der Waals surface area contributed by atoms with Crippen LogP contribution in [0.25, 0.3) is 0 Å². The molecule has 1 fully saturated rings. The molecule has 1 rings (SSSR count). The third kappa shape index (κ3) is 4.48. The zero-order valence-corrected chi connectivity index (χ0v) is 12.1. The first-order chi connectivity index (χ1) is 8.34. The minimum atomic E-state index is -0.109. The van der Waals surface area contributed by atoms with E-state index in [2.05, 4.69) is 38.3 Å². The molecule has 2 amide bonds. The molecule has 0 bridgehead atoms. The minimum Gasteiger partial charge on any atom is -0.396 e. The van der Waals surface area contributed by atoms with Crippen LogP contribution in [0.2, 0.25) is 0 Å². The van der Waals surface area contributed by atoms with Crippen LogP contribution in [0.4, 0.5) is 4.79 Å². The van der Waals surface area contributed by atoms with Crippen LogP contribution in [-0.4, -0.2) is 29.8 Å². The van der Waals surface area contributed by atoms with Gasteiger partial charge in [0, 0.05) is 18.7 Å². The van der Waals surface area contributed by atoms with E-state index in [0.29, 0.717) is 12.3 Å². The summed E-state index contributed by atoms with van der Waals surface area (Å²) >= 11 is 0. The molecule has 0 aromatic heterocycles. The summed E-state index contributed by atoms with van der Waals surface area (Å²) in [5.41, 5.74) is -0.0419. The van der Waals surface area contributed by atoms with Crippen molar-refractivity contribution in [2.45, 2.75) is 65.5 Å². The average molecular weight is 256 g/mol. The van der Waals surface area contributed by atoms with Gasteiger partial charge in [-0.3, -0.25) is 0 Å². The first-order valence-electron chi connectivity index (χ1n) is 7.02. The van der Waals surface area contributed by atoms with Crippen LogP contribution in [0.3, 0.4) is 0 Å². The predicted octanol–water partition coefficient (Wildman–Crippen LogP) is 2.27. The maximum atomic E-state index is 11.9. The van der Waals surface area contributed by atoms with E-state index in [1.54, 1.807) is 0 Å². The number of amides is 2. The molecule has 1 aliphatic carbocycles. The van der Waals surface area contributed by atoms with Crippen molar-refractivity contribution in [1.29, 1.82) is 0 Å². The Morgan fingerprint density at radius 3 is 2.33 bits per heavy atom. The molecule has 0 aliphatic heterocycles. The third-order valence-corrected chi connectivity index (χ3v) is 3.98. The van der Waals surface area contributed by atoms with Crippen molar-refractivity contribution in [3.8, 4) is 0 Å². The van der Waals surface area contributed by atoms with Gasteiger partial charge < -0.3 is 15.7 Å². The first kappa shape index (κ1) is 15.3. The maximum Gasteiger partial charge on any atom is 0.315 e. The van der Waals surface area contributed by atoms with Gasteiger partial charge in [-0.2, -0.15) is 0 Å². The van der Waals surface area contributed by atoms with Crippen LogP contribution in [0.1, 0.15) is 53.4 Å². The molecule has 106 valence electrons. The number of urea groups is 1. The van der Waals surface area contributed by atoms with Gasteiger partial charge in [0.25, 0.3) is 0 Å². The highest BCUT2D eigenvalue weighted by atomic mass is 16.3. The van der Waals surface area contributed by atoms with E-state index in [-0.39, 0.29) is 30.1 Å². The molecular weight excluding hydrogens is 228 g/mol. The van der Waals surface area contributed by atoms with Crippen LogP contribution in [0.15, 0.2) is 0 Å². The largest absolute Gasteiger partial charge is 0.396 e. The fourth-order valence-electron chi connectivity index (χ4n) is 2.32. The second-order valence-electron chi connectivity index (χ2n) is 6.53. The molecule has 0 heterocycles. The van der Waals surface area contributed by atoms with Crippen molar-refractivity contribution in [2.75, 3.05) is 6.61 Å². The van der Waals surface area contributed by atoms with Gasteiger partial charge in [0.15, 0.2) is 0 Å². The monoisotopic (exact) mass is 256 g/mol. The van der Waals surface area contributed by atoms with Crippen LogP contribution < -0.4 is 10.6 Å². The Morgan fingerprint density at radius 1 is 1.33 bits per heavy atom. The van der Waals surface area contributed by atoms with Crippen molar-refractivity contribution in [1.82, 2.24) is 10.6 Å². The Bertz CT molecular complexity index is 269. The molecule has 2 unspecified atom stereocenters. The molecule has 18 heavy (non-hydrogen) atoms. The Kier molecular flexibility index (Phi) is 5.45. The second kappa shape index (κ2) is 6.41. The van der Waals surface area contributed by atoms with Crippen LogP contribution in [0, 0.1) is 11.3 Å². The van der Waals surface area contributed by atoms with E-state index in [1.807, 2.05) is 0 Å². The van der Waals surface area contributed by atoms with E-state index >= 15 is 0 Å². The zero-order valence-electron chi connectivity index (χ0n) is 12.1. The fraction of sp³-hybridized carbons (Fsp3) is 0.929. The van der Waals surface area contributed by atoms with Crippen molar-refractivity contribution in [3.05, 3.63) is 0 Å². The minimum absolute atomic E-state index is 0.00362. The summed E-state index contributed by atoms with van der Waals surface area (Å²) in [4.78, 5) is 11.9. The molecule has 1 aliphatic rings. The highest BCUT2D eigenvalue weighted by molar-refractivity contribution is 5.74. The second-order valence-corrected chi connectivity index (χ2v) is 6.53. The summed E-state index contributed by atoms with van der Waals surface area (Å²) in [6.07, 6.45) is 4.32. The number of nitrogens with one attached hydrogen (secondary N) is 2. The molecule has 0 aromatic rings. The summed E-state index contributed by atoms with van der Waals surface area (Å²) in [6.45, 7) is 8.39. The maximum absolute atomic E-state index is 11.9. The van der Waals surface area contributed by atoms with E-state index in [4.69, 9.17) is 5.11 Å². The Labute approximate surface area is 111 Å². The first-order valence-corrected chi connectivity index (χ1v) is 7.02. The molecule has 0 radical (unpaired) electrons. The molecule has 4 heteroatoms. The van der Waals surface area contributed by atoms with E-state index in [1.165, 1.54) is 19.3 Å². The average Bonchev–Trinajstić information content (AvgIpc) is 2.12. The van der Waals surface area contributed by atoms with E-state index < -0.39 is 0 Å². The molecule has 3 N–H and O–H groups in total. The zero-order chi connectivity index (χ0) is 13.8. The van der Waals surface area contributed by atoms with Gasteiger partial charge in [-0.15, -0.1) is 0 Å². The molecule has 1 saturated carbocycles. The van der Waals surface area contributed by atoms with Crippen molar-refractivity contribution >= 4 is 6.03 Å². The van der Waals surface area contributed by atoms with Crippen molar-refractivity contribution in [3.63, 3.8) is 0 Å². The Morgan fingerprint density at radius 2 is 1.94 bits per heavy atom. The number of carbonyl (C=O) groups is 1. The number of aliphatic hydroxyl groups excluding tert-OH is 1. The molecule has 0 spiro atoms.